The molecular weight excluding hydrogens is 364 g/mol. The summed E-state index contributed by atoms with van der Waals surface area (Å²) in [4.78, 5) is 29.8. The molecule has 0 unspecified atom stereocenters. The van der Waals surface area contributed by atoms with E-state index < -0.39 is 0 Å². The van der Waals surface area contributed by atoms with E-state index in [0.29, 0.717) is 11.3 Å². The number of anilines is 2. The third kappa shape index (κ3) is 5.14. The van der Waals surface area contributed by atoms with Crippen LogP contribution in [0.5, 0.6) is 0 Å². The van der Waals surface area contributed by atoms with Gasteiger partial charge in [0.2, 0.25) is 5.95 Å². The first kappa shape index (κ1) is 19.0. The van der Waals surface area contributed by atoms with Crippen molar-refractivity contribution in [2.45, 2.75) is 13.0 Å². The van der Waals surface area contributed by atoms with Gasteiger partial charge in [0.25, 0.3) is 5.91 Å². The van der Waals surface area contributed by atoms with E-state index >= 15 is 0 Å². The number of rotatable bonds is 5. The van der Waals surface area contributed by atoms with E-state index in [-0.39, 0.29) is 5.91 Å². The maximum absolute atomic E-state index is 12.4. The number of carbonyl (C=O) groups excluding carboxylic acids is 1. The van der Waals surface area contributed by atoms with Gasteiger partial charge in [-0.25, -0.2) is 9.97 Å². The van der Waals surface area contributed by atoms with Gasteiger partial charge in [-0.1, -0.05) is 12.1 Å². The van der Waals surface area contributed by atoms with Crippen molar-refractivity contribution < 1.29 is 4.79 Å². The normalized spacial score (nSPS) is 15.0. The molecule has 148 valence electrons. The maximum Gasteiger partial charge on any atom is 0.255 e. The highest BCUT2D eigenvalue weighted by atomic mass is 16.1. The zero-order valence-electron chi connectivity index (χ0n) is 16.2. The lowest BCUT2D eigenvalue weighted by molar-refractivity contribution is 0.102. The number of nitrogens with one attached hydrogen (secondary N) is 1. The van der Waals surface area contributed by atoms with Crippen molar-refractivity contribution in [3.05, 3.63) is 78.4 Å². The Kier molecular flexibility index (Phi) is 6.07. The fraction of sp³-hybridized carbons (Fsp3) is 0.273. The van der Waals surface area contributed by atoms with Crippen LogP contribution in [0, 0.1) is 0 Å². The average Bonchev–Trinajstić information content (AvgIpc) is 3.01. The van der Waals surface area contributed by atoms with E-state index in [2.05, 4.69) is 30.1 Å². The van der Waals surface area contributed by atoms with E-state index in [9.17, 15) is 4.79 Å². The van der Waals surface area contributed by atoms with Crippen molar-refractivity contribution in [3.8, 4) is 0 Å². The smallest absolute Gasteiger partial charge is 0.255 e. The molecule has 1 N–H and O–H groups in total. The SMILES string of the molecule is O=C(Nc1cccnc1)c1ccc(CN2CCCN(c3ncccn3)CC2)cc1. The van der Waals surface area contributed by atoms with Crippen molar-refractivity contribution in [2.75, 3.05) is 36.4 Å². The lowest BCUT2D eigenvalue weighted by Gasteiger charge is -2.22. The summed E-state index contributed by atoms with van der Waals surface area (Å²) in [5.74, 6) is 0.677. The molecule has 3 heterocycles. The van der Waals surface area contributed by atoms with Gasteiger partial charge in [-0.2, -0.15) is 0 Å². The molecule has 0 spiro atoms. The average molecular weight is 388 g/mol. The molecule has 1 aliphatic heterocycles. The third-order valence-corrected chi connectivity index (χ3v) is 4.97. The first-order valence-electron chi connectivity index (χ1n) is 9.82. The topological polar surface area (TPSA) is 74.2 Å². The van der Waals surface area contributed by atoms with Crippen LogP contribution >= 0.6 is 0 Å². The van der Waals surface area contributed by atoms with Gasteiger partial charge in [-0.05, 0) is 42.3 Å². The third-order valence-electron chi connectivity index (χ3n) is 4.97. The molecule has 7 nitrogen and oxygen atoms in total. The minimum Gasteiger partial charge on any atom is -0.339 e. The van der Waals surface area contributed by atoms with Crippen LogP contribution in [0.4, 0.5) is 11.6 Å². The molecule has 29 heavy (non-hydrogen) atoms. The van der Waals surface area contributed by atoms with E-state index in [1.807, 2.05) is 36.4 Å². The summed E-state index contributed by atoms with van der Waals surface area (Å²) >= 11 is 0. The van der Waals surface area contributed by atoms with Crippen LogP contribution in [0.1, 0.15) is 22.3 Å². The molecule has 0 radical (unpaired) electrons. The van der Waals surface area contributed by atoms with Crippen molar-refractivity contribution in [1.29, 1.82) is 0 Å². The Labute approximate surface area is 170 Å². The highest BCUT2D eigenvalue weighted by Crippen LogP contribution is 2.14. The minimum absolute atomic E-state index is 0.127. The maximum atomic E-state index is 12.4. The first-order chi connectivity index (χ1) is 14.3. The predicted octanol–water partition coefficient (Wildman–Crippen LogP) is 2.84. The molecule has 7 heteroatoms. The molecule has 4 rings (SSSR count). The number of nitrogens with zero attached hydrogens (tertiary/aromatic N) is 5. The number of hydrogen-bond acceptors (Lipinski definition) is 6. The summed E-state index contributed by atoms with van der Waals surface area (Å²) in [6.45, 7) is 4.74. The van der Waals surface area contributed by atoms with Crippen LogP contribution < -0.4 is 10.2 Å². The standard InChI is InChI=1S/C22H24N6O/c29-21(26-20-4-1-9-23-16-20)19-7-5-18(6-8-19)17-27-12-3-13-28(15-14-27)22-24-10-2-11-25-22/h1-2,4-11,16H,3,12-15,17H2,(H,26,29). The Hall–Kier alpha value is -3.32. The molecule has 1 amide bonds. The zero-order chi connectivity index (χ0) is 19.9. The number of hydrogen-bond donors (Lipinski definition) is 1. The largest absolute Gasteiger partial charge is 0.339 e. The fourth-order valence-electron chi connectivity index (χ4n) is 3.44. The molecule has 1 saturated heterocycles. The highest BCUT2D eigenvalue weighted by molar-refractivity contribution is 6.04. The second-order valence-corrected chi connectivity index (χ2v) is 7.06. The van der Waals surface area contributed by atoms with Gasteiger partial charge < -0.3 is 10.2 Å². The number of pyridine rings is 1. The van der Waals surface area contributed by atoms with Gasteiger partial charge in [0.15, 0.2) is 0 Å². The van der Waals surface area contributed by atoms with Gasteiger partial charge in [-0.3, -0.25) is 14.7 Å². The van der Waals surface area contributed by atoms with Gasteiger partial charge in [0.1, 0.15) is 0 Å². The number of benzene rings is 1. The number of aromatic nitrogens is 3. The number of amides is 1. The van der Waals surface area contributed by atoms with E-state index in [0.717, 1.165) is 45.1 Å². The summed E-state index contributed by atoms with van der Waals surface area (Å²) in [5, 5.41) is 2.86. The Bertz CT molecular complexity index is 917. The molecule has 0 bridgehead atoms. The molecule has 0 saturated carbocycles. The zero-order valence-corrected chi connectivity index (χ0v) is 16.2. The number of carbonyl (C=O) groups is 1. The van der Waals surface area contributed by atoms with Gasteiger partial charge in [-0.15, -0.1) is 0 Å². The van der Waals surface area contributed by atoms with Gasteiger partial charge in [0, 0.05) is 56.9 Å². The van der Waals surface area contributed by atoms with Gasteiger partial charge in [0.05, 0.1) is 11.9 Å². The quantitative estimate of drug-likeness (QED) is 0.725. The second kappa shape index (κ2) is 9.25. The summed E-state index contributed by atoms with van der Waals surface area (Å²) in [6.07, 6.45) is 7.96. The minimum atomic E-state index is -0.127. The van der Waals surface area contributed by atoms with Crippen molar-refractivity contribution in [2.24, 2.45) is 0 Å². The van der Waals surface area contributed by atoms with Crippen molar-refractivity contribution in [3.63, 3.8) is 0 Å². The fourth-order valence-corrected chi connectivity index (χ4v) is 3.44. The molecule has 0 atom stereocenters. The predicted molar refractivity (Wildman–Crippen MR) is 113 cm³/mol. The Morgan fingerprint density at radius 1 is 0.931 bits per heavy atom. The molecule has 0 aliphatic carbocycles. The molecule has 3 aromatic rings. The van der Waals surface area contributed by atoms with Crippen molar-refractivity contribution in [1.82, 2.24) is 19.9 Å². The van der Waals surface area contributed by atoms with E-state index in [1.165, 1.54) is 5.56 Å². The van der Waals surface area contributed by atoms with E-state index in [1.54, 1.807) is 30.9 Å². The van der Waals surface area contributed by atoms with Gasteiger partial charge >= 0.3 is 0 Å². The Morgan fingerprint density at radius 3 is 2.52 bits per heavy atom. The van der Waals surface area contributed by atoms with Crippen LogP contribution in [0.3, 0.4) is 0 Å². The van der Waals surface area contributed by atoms with E-state index in [4.69, 9.17) is 0 Å². The first-order valence-corrected chi connectivity index (χ1v) is 9.82. The summed E-state index contributed by atoms with van der Waals surface area (Å²) < 4.78 is 0. The summed E-state index contributed by atoms with van der Waals surface area (Å²) in [7, 11) is 0. The summed E-state index contributed by atoms with van der Waals surface area (Å²) in [6, 6.07) is 13.3. The van der Waals surface area contributed by atoms with Crippen molar-refractivity contribution >= 4 is 17.5 Å². The summed E-state index contributed by atoms with van der Waals surface area (Å²) in [5.41, 5.74) is 2.53. The highest BCUT2D eigenvalue weighted by Gasteiger charge is 2.17. The second-order valence-electron chi connectivity index (χ2n) is 7.06. The molecule has 1 aromatic carbocycles. The monoisotopic (exact) mass is 388 g/mol. The van der Waals surface area contributed by atoms with Crippen LogP contribution in [0.25, 0.3) is 0 Å². The molecule has 1 aliphatic rings. The molecule has 2 aromatic heterocycles. The van der Waals surface area contributed by atoms with Crippen LogP contribution in [0.2, 0.25) is 0 Å². The lowest BCUT2D eigenvalue weighted by Crippen LogP contribution is -2.31. The lowest BCUT2D eigenvalue weighted by atomic mass is 10.1. The Morgan fingerprint density at radius 2 is 1.76 bits per heavy atom. The Balaban J connectivity index is 1.32. The van der Waals surface area contributed by atoms with Crippen LogP contribution in [0.15, 0.2) is 67.3 Å². The molecular formula is C22H24N6O. The van der Waals surface area contributed by atoms with Crippen LogP contribution in [-0.4, -0.2) is 51.9 Å². The molecule has 1 fully saturated rings. The van der Waals surface area contributed by atoms with Crippen LogP contribution in [-0.2, 0) is 6.54 Å².